The van der Waals surface area contributed by atoms with E-state index in [-0.39, 0.29) is 25.1 Å². The van der Waals surface area contributed by atoms with E-state index in [4.69, 9.17) is 30.9 Å². The highest BCUT2D eigenvalue weighted by atomic mass is 35.5. The fourth-order valence-electron chi connectivity index (χ4n) is 5.46. The Kier molecular flexibility index (Phi) is 8.68. The molecule has 0 saturated carbocycles. The lowest BCUT2D eigenvalue weighted by Gasteiger charge is -2.39. The molecule has 220 valence electrons. The van der Waals surface area contributed by atoms with Gasteiger partial charge < -0.3 is 29.4 Å². The lowest BCUT2D eigenvalue weighted by molar-refractivity contribution is -0.156. The Bertz CT molecular complexity index is 1520. The van der Waals surface area contributed by atoms with Crippen LogP contribution in [0.1, 0.15) is 18.4 Å². The zero-order chi connectivity index (χ0) is 29.1. The molecule has 10 nitrogen and oxygen atoms in total. The topological polar surface area (TPSA) is 130 Å². The lowest BCUT2D eigenvalue weighted by atomic mass is 9.98. The number of halogens is 1. The number of imidazole rings is 1. The van der Waals surface area contributed by atoms with E-state index in [1.54, 1.807) is 6.07 Å². The van der Waals surface area contributed by atoms with Crippen LogP contribution in [-0.2, 0) is 20.8 Å². The molecule has 2 atom stereocenters. The molecule has 0 amide bonds. The van der Waals surface area contributed by atoms with Gasteiger partial charge in [-0.3, -0.25) is 4.90 Å². The Hall–Kier alpha value is -3.54. The predicted molar refractivity (Wildman–Crippen MR) is 157 cm³/mol. The minimum Gasteiger partial charge on any atom is -0.479 e. The molecule has 1 unspecified atom stereocenters. The van der Waals surface area contributed by atoms with E-state index < -0.39 is 12.1 Å². The van der Waals surface area contributed by atoms with Gasteiger partial charge in [-0.2, -0.15) is 4.98 Å². The average Bonchev–Trinajstić information content (AvgIpc) is 3.36. The molecule has 2 aromatic carbocycles. The monoisotopic (exact) mass is 592 g/mol. The van der Waals surface area contributed by atoms with Crippen molar-refractivity contribution in [3.05, 3.63) is 65.2 Å². The standard InChI is InChI=1S/C31H33ClN4O6/c32-25-14-26-29(35-31(33-26)42-24-9-11-41-27(13-24)30(38)39)34-28(25)23-7-5-22(6-8-23)21-3-1-19(2-4-21)15-36-16-20(17-36)18-40-12-10-37/h1-8,14,20,24,27,37H,9-13,15-18H2,(H,38,39)(H,33,34,35)/t24?,27-/m0/s1. The zero-order valence-electron chi connectivity index (χ0n) is 23.0. The molecule has 4 aromatic rings. The number of benzene rings is 2. The van der Waals surface area contributed by atoms with Crippen molar-refractivity contribution in [2.75, 3.05) is 39.5 Å². The molecule has 3 N–H and O–H groups in total. The highest BCUT2D eigenvalue weighted by molar-refractivity contribution is 6.33. The van der Waals surface area contributed by atoms with Gasteiger partial charge in [0.2, 0.25) is 0 Å². The fraction of sp³-hybridized carbons (Fsp3) is 0.387. The molecule has 11 heteroatoms. The van der Waals surface area contributed by atoms with E-state index in [1.165, 1.54) is 5.56 Å². The molecule has 0 aliphatic carbocycles. The molecule has 2 aromatic heterocycles. The number of rotatable bonds is 11. The molecule has 4 heterocycles. The van der Waals surface area contributed by atoms with E-state index in [2.05, 4.69) is 56.3 Å². The minimum absolute atomic E-state index is 0.0745. The second-order valence-electron chi connectivity index (χ2n) is 10.8. The molecule has 2 saturated heterocycles. The number of aliphatic hydroxyl groups excluding tert-OH is 1. The van der Waals surface area contributed by atoms with Crippen molar-refractivity contribution < 1.29 is 29.2 Å². The number of fused-ring (bicyclic) bond motifs is 1. The van der Waals surface area contributed by atoms with Gasteiger partial charge in [0.15, 0.2) is 11.8 Å². The van der Waals surface area contributed by atoms with Gasteiger partial charge in [0.05, 0.1) is 42.7 Å². The Morgan fingerprint density at radius 1 is 1.07 bits per heavy atom. The number of carbonyl (C=O) groups is 1. The number of hydrogen-bond acceptors (Lipinski definition) is 8. The first-order valence-electron chi connectivity index (χ1n) is 14.1. The number of ether oxygens (including phenoxy) is 3. The van der Waals surface area contributed by atoms with Crippen LogP contribution in [0.4, 0.5) is 0 Å². The number of hydrogen-bond donors (Lipinski definition) is 3. The quantitative estimate of drug-likeness (QED) is 0.217. The second-order valence-corrected chi connectivity index (χ2v) is 11.2. The van der Waals surface area contributed by atoms with Gasteiger partial charge in [-0.1, -0.05) is 60.1 Å². The third-order valence-corrected chi connectivity index (χ3v) is 7.96. The number of H-pyrrole nitrogens is 1. The Labute approximate surface area is 248 Å². The van der Waals surface area contributed by atoms with Crippen LogP contribution >= 0.6 is 11.6 Å². The largest absolute Gasteiger partial charge is 0.479 e. The first kappa shape index (κ1) is 28.6. The lowest BCUT2D eigenvalue weighted by Crippen LogP contribution is -2.48. The summed E-state index contributed by atoms with van der Waals surface area (Å²) >= 11 is 6.61. The maximum Gasteiger partial charge on any atom is 0.332 e. The number of nitrogens with zero attached hydrogens (tertiary/aromatic N) is 3. The molecular weight excluding hydrogens is 560 g/mol. The summed E-state index contributed by atoms with van der Waals surface area (Å²) in [6, 6.07) is 18.8. The summed E-state index contributed by atoms with van der Waals surface area (Å²) in [7, 11) is 0. The molecule has 2 aliphatic heterocycles. The second kappa shape index (κ2) is 12.8. The highest BCUT2D eigenvalue weighted by Crippen LogP contribution is 2.32. The maximum atomic E-state index is 11.3. The van der Waals surface area contributed by atoms with Crippen LogP contribution in [0.5, 0.6) is 6.01 Å². The summed E-state index contributed by atoms with van der Waals surface area (Å²) < 4.78 is 16.6. The number of aliphatic carboxylic acids is 1. The van der Waals surface area contributed by atoms with E-state index in [0.717, 1.165) is 36.3 Å². The number of aromatic amines is 1. The number of nitrogens with one attached hydrogen (secondary N) is 1. The van der Waals surface area contributed by atoms with Crippen molar-refractivity contribution in [1.82, 2.24) is 19.9 Å². The molecule has 6 rings (SSSR count). The molecule has 2 fully saturated rings. The number of likely N-dealkylation sites (tertiary alicyclic amines) is 1. The van der Waals surface area contributed by atoms with Gasteiger partial charge in [0.25, 0.3) is 6.01 Å². The van der Waals surface area contributed by atoms with Gasteiger partial charge in [-0.05, 0) is 22.8 Å². The van der Waals surface area contributed by atoms with Crippen molar-refractivity contribution in [2.45, 2.75) is 31.6 Å². The average molecular weight is 593 g/mol. The van der Waals surface area contributed by atoms with E-state index >= 15 is 0 Å². The number of aromatic nitrogens is 3. The molecule has 0 bridgehead atoms. The van der Waals surface area contributed by atoms with Gasteiger partial charge >= 0.3 is 5.97 Å². The predicted octanol–water partition coefficient (Wildman–Crippen LogP) is 4.40. The third-order valence-electron chi connectivity index (χ3n) is 7.67. The van der Waals surface area contributed by atoms with E-state index in [0.29, 0.717) is 54.0 Å². The number of carboxylic acid groups (broad SMARTS) is 1. The van der Waals surface area contributed by atoms with Crippen LogP contribution in [0.2, 0.25) is 5.02 Å². The summed E-state index contributed by atoms with van der Waals surface area (Å²) in [5.41, 5.74) is 6.10. The summed E-state index contributed by atoms with van der Waals surface area (Å²) in [5, 5.41) is 18.5. The normalized spacial score (nSPS) is 19.6. The van der Waals surface area contributed by atoms with Crippen LogP contribution < -0.4 is 4.74 Å². The van der Waals surface area contributed by atoms with Gasteiger partial charge in [-0.15, -0.1) is 0 Å². The number of carboxylic acids is 1. The van der Waals surface area contributed by atoms with Crippen molar-refractivity contribution in [3.8, 4) is 28.4 Å². The molecule has 0 radical (unpaired) electrons. The van der Waals surface area contributed by atoms with Crippen molar-refractivity contribution in [1.29, 1.82) is 0 Å². The summed E-state index contributed by atoms with van der Waals surface area (Å²) in [5.74, 6) is -0.445. The Balaban J connectivity index is 1.08. The van der Waals surface area contributed by atoms with Crippen LogP contribution in [0.15, 0.2) is 54.6 Å². The summed E-state index contributed by atoms with van der Waals surface area (Å²) in [6.07, 6.45) is -0.363. The van der Waals surface area contributed by atoms with Crippen LogP contribution in [0, 0.1) is 5.92 Å². The van der Waals surface area contributed by atoms with Crippen molar-refractivity contribution >= 4 is 28.7 Å². The van der Waals surface area contributed by atoms with Crippen LogP contribution in [0.3, 0.4) is 0 Å². The smallest absolute Gasteiger partial charge is 0.332 e. The summed E-state index contributed by atoms with van der Waals surface area (Å²) in [6.45, 7) is 4.48. The first-order valence-corrected chi connectivity index (χ1v) is 14.5. The highest BCUT2D eigenvalue weighted by Gasteiger charge is 2.30. The Morgan fingerprint density at radius 3 is 2.50 bits per heavy atom. The SMILES string of the molecule is O=C(O)[C@@H]1CC(Oc2nc3nc(-c4ccc(-c5ccc(CN6CC(COCCO)C6)cc5)cc4)c(Cl)cc3[nH]2)CCO1. The minimum atomic E-state index is -0.993. The summed E-state index contributed by atoms with van der Waals surface area (Å²) in [4.78, 5) is 25.9. The Morgan fingerprint density at radius 2 is 1.79 bits per heavy atom. The molecule has 2 aliphatic rings. The number of pyridine rings is 1. The van der Waals surface area contributed by atoms with Gasteiger partial charge in [0.1, 0.15) is 6.10 Å². The molecule has 0 spiro atoms. The maximum absolute atomic E-state index is 11.3. The third kappa shape index (κ3) is 6.58. The zero-order valence-corrected chi connectivity index (χ0v) is 23.8. The van der Waals surface area contributed by atoms with Crippen LogP contribution in [0.25, 0.3) is 33.5 Å². The van der Waals surface area contributed by atoms with Crippen LogP contribution in [-0.4, -0.2) is 87.8 Å². The first-order chi connectivity index (χ1) is 20.4. The number of aliphatic hydroxyl groups is 1. The van der Waals surface area contributed by atoms with E-state index in [9.17, 15) is 9.90 Å². The molecular formula is C31H33ClN4O6. The van der Waals surface area contributed by atoms with E-state index in [1.807, 2.05) is 12.1 Å². The van der Waals surface area contributed by atoms with Crippen molar-refractivity contribution in [3.63, 3.8) is 0 Å². The van der Waals surface area contributed by atoms with Gasteiger partial charge in [-0.25, -0.2) is 9.78 Å². The fourth-order valence-corrected chi connectivity index (χ4v) is 5.73. The molecule has 42 heavy (non-hydrogen) atoms. The van der Waals surface area contributed by atoms with Gasteiger partial charge in [0, 0.05) is 44.0 Å². The van der Waals surface area contributed by atoms with Crippen molar-refractivity contribution in [2.24, 2.45) is 5.92 Å².